The van der Waals surface area contributed by atoms with Gasteiger partial charge in [-0.1, -0.05) is 0 Å². The van der Waals surface area contributed by atoms with E-state index in [0.717, 1.165) is 44.6 Å². The summed E-state index contributed by atoms with van der Waals surface area (Å²) in [6.07, 6.45) is 9.84. The second-order valence-electron chi connectivity index (χ2n) is 7.45. The minimum atomic E-state index is 0.0572. The first-order valence-corrected chi connectivity index (χ1v) is 9.28. The molecule has 1 unspecified atom stereocenters. The van der Waals surface area contributed by atoms with Crippen molar-refractivity contribution in [3.05, 3.63) is 42.2 Å². The number of hydrogen-bond acceptors (Lipinski definition) is 4. The normalized spacial score (nSPS) is 25.1. The van der Waals surface area contributed by atoms with E-state index in [0.29, 0.717) is 12.6 Å². The number of carbonyl (C=O) groups excluding carboxylic acids is 1. The van der Waals surface area contributed by atoms with Gasteiger partial charge in [0.05, 0.1) is 30.2 Å². The van der Waals surface area contributed by atoms with Crippen LogP contribution in [0.4, 0.5) is 5.69 Å². The largest absolute Gasteiger partial charge is 0.365 e. The van der Waals surface area contributed by atoms with Crippen LogP contribution in [0.5, 0.6) is 0 Å². The van der Waals surface area contributed by atoms with Crippen LogP contribution in [-0.2, 0) is 24.3 Å². The number of fused-ring (bicyclic) bond motifs is 4. The molecule has 6 nitrogen and oxygen atoms in total. The molecule has 1 amide bonds. The molecular formula is C19H23N5O. The highest BCUT2D eigenvalue weighted by atomic mass is 16.2. The second kappa shape index (κ2) is 5.86. The SMILES string of the molecule is O=C(C1CCc2cncn2C1)N1Cc2ncccc2N2CCC[C@H]2C1. The lowest BCUT2D eigenvalue weighted by molar-refractivity contribution is -0.137. The molecule has 0 N–H and O–H groups in total. The molecule has 5 rings (SSSR count). The van der Waals surface area contributed by atoms with Gasteiger partial charge in [0.1, 0.15) is 0 Å². The Morgan fingerprint density at radius 2 is 2.20 bits per heavy atom. The summed E-state index contributed by atoms with van der Waals surface area (Å²) in [5.74, 6) is 0.339. The van der Waals surface area contributed by atoms with Crippen molar-refractivity contribution >= 4 is 11.6 Å². The Balaban J connectivity index is 1.41. The van der Waals surface area contributed by atoms with Crippen LogP contribution >= 0.6 is 0 Å². The van der Waals surface area contributed by atoms with E-state index in [2.05, 4.69) is 30.4 Å². The molecule has 1 saturated heterocycles. The molecule has 25 heavy (non-hydrogen) atoms. The van der Waals surface area contributed by atoms with Gasteiger partial charge >= 0.3 is 0 Å². The summed E-state index contributed by atoms with van der Waals surface area (Å²) >= 11 is 0. The Bertz CT molecular complexity index is 801. The maximum absolute atomic E-state index is 13.3. The molecule has 5 heterocycles. The molecule has 0 spiro atoms. The van der Waals surface area contributed by atoms with E-state index < -0.39 is 0 Å². The fraction of sp³-hybridized carbons (Fsp3) is 0.526. The number of aryl methyl sites for hydroxylation is 1. The number of carbonyl (C=O) groups is 1. The quantitative estimate of drug-likeness (QED) is 0.797. The van der Waals surface area contributed by atoms with E-state index in [1.54, 1.807) is 0 Å². The fourth-order valence-corrected chi connectivity index (χ4v) is 4.65. The third kappa shape index (κ3) is 2.51. The van der Waals surface area contributed by atoms with Crippen molar-refractivity contribution in [2.75, 3.05) is 18.0 Å². The van der Waals surface area contributed by atoms with Crippen LogP contribution in [0.15, 0.2) is 30.9 Å². The van der Waals surface area contributed by atoms with E-state index in [9.17, 15) is 4.79 Å². The molecule has 2 aromatic rings. The average Bonchev–Trinajstić information content (AvgIpc) is 3.26. The van der Waals surface area contributed by atoms with E-state index in [1.165, 1.54) is 17.8 Å². The van der Waals surface area contributed by atoms with Gasteiger partial charge in [-0.2, -0.15) is 0 Å². The van der Waals surface area contributed by atoms with Crippen molar-refractivity contribution in [2.24, 2.45) is 5.92 Å². The topological polar surface area (TPSA) is 54.3 Å². The number of pyridine rings is 1. The van der Waals surface area contributed by atoms with Crippen LogP contribution < -0.4 is 4.90 Å². The predicted octanol–water partition coefficient (Wildman–Crippen LogP) is 1.85. The fourth-order valence-electron chi connectivity index (χ4n) is 4.65. The number of hydrogen-bond donors (Lipinski definition) is 0. The molecule has 2 aromatic heterocycles. The number of rotatable bonds is 1. The van der Waals surface area contributed by atoms with Gasteiger partial charge in [0.25, 0.3) is 0 Å². The summed E-state index contributed by atoms with van der Waals surface area (Å²) in [5, 5.41) is 0. The zero-order chi connectivity index (χ0) is 16.8. The smallest absolute Gasteiger partial charge is 0.227 e. The molecule has 6 heteroatoms. The molecule has 0 aromatic carbocycles. The minimum Gasteiger partial charge on any atom is -0.365 e. The number of nitrogens with zero attached hydrogens (tertiary/aromatic N) is 5. The highest BCUT2D eigenvalue weighted by Gasteiger charge is 2.36. The minimum absolute atomic E-state index is 0.0572. The number of aromatic nitrogens is 3. The van der Waals surface area contributed by atoms with Crippen LogP contribution in [0, 0.1) is 5.92 Å². The van der Waals surface area contributed by atoms with Crippen molar-refractivity contribution in [3.63, 3.8) is 0 Å². The average molecular weight is 337 g/mol. The van der Waals surface area contributed by atoms with E-state index in [1.807, 2.05) is 24.8 Å². The van der Waals surface area contributed by atoms with Gasteiger partial charge in [-0.25, -0.2) is 4.98 Å². The lowest BCUT2D eigenvalue weighted by atomic mass is 9.96. The zero-order valence-corrected chi connectivity index (χ0v) is 14.3. The number of anilines is 1. The van der Waals surface area contributed by atoms with Crippen LogP contribution in [0.3, 0.4) is 0 Å². The van der Waals surface area contributed by atoms with Crippen LogP contribution in [0.25, 0.3) is 0 Å². The van der Waals surface area contributed by atoms with Crippen molar-refractivity contribution < 1.29 is 4.79 Å². The molecule has 130 valence electrons. The summed E-state index contributed by atoms with van der Waals surface area (Å²) in [5.41, 5.74) is 3.51. The lowest BCUT2D eigenvalue weighted by Gasteiger charge is -2.31. The molecule has 0 saturated carbocycles. The van der Waals surface area contributed by atoms with Crippen molar-refractivity contribution in [2.45, 2.75) is 44.8 Å². The van der Waals surface area contributed by atoms with E-state index in [4.69, 9.17) is 0 Å². The molecule has 0 radical (unpaired) electrons. The van der Waals surface area contributed by atoms with Crippen LogP contribution in [0.2, 0.25) is 0 Å². The summed E-state index contributed by atoms with van der Waals surface area (Å²) < 4.78 is 2.14. The third-order valence-electron chi connectivity index (χ3n) is 5.95. The van der Waals surface area contributed by atoms with Gasteiger partial charge in [0.15, 0.2) is 0 Å². The van der Waals surface area contributed by atoms with Crippen molar-refractivity contribution in [3.8, 4) is 0 Å². The maximum atomic E-state index is 13.3. The maximum Gasteiger partial charge on any atom is 0.227 e. The lowest BCUT2D eigenvalue weighted by Crippen LogP contribution is -2.44. The Hall–Kier alpha value is -2.37. The summed E-state index contributed by atoms with van der Waals surface area (Å²) in [6, 6.07) is 4.60. The van der Waals surface area contributed by atoms with Crippen molar-refractivity contribution in [1.82, 2.24) is 19.4 Å². The monoisotopic (exact) mass is 337 g/mol. The molecule has 1 fully saturated rings. The van der Waals surface area contributed by atoms with Gasteiger partial charge in [-0.05, 0) is 37.8 Å². The van der Waals surface area contributed by atoms with E-state index >= 15 is 0 Å². The first kappa shape index (κ1) is 14.9. The first-order valence-electron chi connectivity index (χ1n) is 9.28. The van der Waals surface area contributed by atoms with E-state index in [-0.39, 0.29) is 11.8 Å². The first-order chi connectivity index (χ1) is 12.3. The summed E-state index contributed by atoms with van der Waals surface area (Å²) in [4.78, 5) is 26.6. The predicted molar refractivity (Wildman–Crippen MR) is 94.1 cm³/mol. The molecule has 2 atom stereocenters. The molecular weight excluding hydrogens is 314 g/mol. The molecule has 0 bridgehead atoms. The van der Waals surface area contributed by atoms with Crippen LogP contribution in [0.1, 0.15) is 30.7 Å². The van der Waals surface area contributed by atoms with Gasteiger partial charge in [0.2, 0.25) is 5.91 Å². The standard InChI is InChI=1S/C19H23N5O/c25-19(14-5-6-15-9-20-13-23(15)10-14)22-11-16-3-2-8-24(16)18-4-1-7-21-17(18)12-22/h1,4,7,9,13-14,16H,2-3,5-6,8,10-12H2/t14?,16-/m0/s1. The van der Waals surface area contributed by atoms with Gasteiger partial charge in [-0.15, -0.1) is 0 Å². The Morgan fingerprint density at radius 1 is 1.24 bits per heavy atom. The van der Waals surface area contributed by atoms with Crippen molar-refractivity contribution in [1.29, 1.82) is 0 Å². The molecule has 3 aliphatic rings. The Kier molecular flexibility index (Phi) is 3.50. The molecule has 3 aliphatic heterocycles. The Labute approximate surface area is 147 Å². The zero-order valence-electron chi connectivity index (χ0n) is 14.3. The molecule has 0 aliphatic carbocycles. The van der Waals surface area contributed by atoms with Crippen LogP contribution in [-0.4, -0.2) is 44.5 Å². The number of amides is 1. The Morgan fingerprint density at radius 3 is 3.16 bits per heavy atom. The highest BCUT2D eigenvalue weighted by Crippen LogP contribution is 2.33. The highest BCUT2D eigenvalue weighted by molar-refractivity contribution is 5.79. The second-order valence-corrected chi connectivity index (χ2v) is 7.45. The summed E-state index contributed by atoms with van der Waals surface area (Å²) in [6.45, 7) is 3.29. The summed E-state index contributed by atoms with van der Waals surface area (Å²) in [7, 11) is 0. The van der Waals surface area contributed by atoms with Gasteiger partial charge < -0.3 is 14.4 Å². The van der Waals surface area contributed by atoms with Gasteiger partial charge in [0, 0.05) is 43.8 Å². The third-order valence-corrected chi connectivity index (χ3v) is 5.95. The van der Waals surface area contributed by atoms with Gasteiger partial charge in [-0.3, -0.25) is 9.78 Å². The number of imidazole rings is 1.